The van der Waals surface area contributed by atoms with Gasteiger partial charge in [0.25, 0.3) is 0 Å². The van der Waals surface area contributed by atoms with E-state index in [9.17, 15) is 9.59 Å². The molecule has 5 heteroatoms. The number of nitrogens with one attached hydrogen (secondary N) is 2. The summed E-state index contributed by atoms with van der Waals surface area (Å²) < 4.78 is 0. The summed E-state index contributed by atoms with van der Waals surface area (Å²) >= 11 is 0. The summed E-state index contributed by atoms with van der Waals surface area (Å²) in [7, 11) is 0. The number of carbonyl (C=O) groups excluding carboxylic acids is 2. The Morgan fingerprint density at radius 3 is 2.64 bits per heavy atom. The predicted molar refractivity (Wildman–Crippen MR) is 87.2 cm³/mol. The van der Waals surface area contributed by atoms with Crippen molar-refractivity contribution in [3.8, 4) is 0 Å². The second kappa shape index (κ2) is 9.92. The van der Waals surface area contributed by atoms with Gasteiger partial charge in [0.15, 0.2) is 0 Å². The molecule has 22 heavy (non-hydrogen) atoms. The van der Waals surface area contributed by atoms with Gasteiger partial charge in [-0.05, 0) is 24.5 Å². The van der Waals surface area contributed by atoms with Crippen LogP contribution in [0, 0.1) is 5.92 Å². The number of carbonyl (C=O) groups is 2. The number of unbranched alkanes of at least 4 members (excludes halogenated alkanes) is 1. The molecular weight excluding hydrogens is 278 g/mol. The second-order valence-electron chi connectivity index (χ2n) is 5.75. The van der Waals surface area contributed by atoms with E-state index in [0.29, 0.717) is 19.4 Å². The minimum absolute atomic E-state index is 0.0552. The highest BCUT2D eigenvalue weighted by molar-refractivity contribution is 5.87. The molecular formula is C17H27N3O2. The zero-order valence-electron chi connectivity index (χ0n) is 13.8. The van der Waals surface area contributed by atoms with Gasteiger partial charge < -0.3 is 10.6 Å². The molecule has 0 saturated carbocycles. The third-order valence-electron chi connectivity index (χ3n) is 3.43. The van der Waals surface area contributed by atoms with Crippen molar-refractivity contribution in [1.82, 2.24) is 15.6 Å². The van der Waals surface area contributed by atoms with Gasteiger partial charge in [-0.25, -0.2) is 0 Å². The largest absolute Gasteiger partial charge is 0.354 e. The molecule has 2 N–H and O–H groups in total. The standard InChI is InChI=1S/C17H27N3O2/c1-4-5-9-15(21)20-16(13(2)3)17(22)19-12-10-14-8-6-7-11-18-14/h6-8,11,13,16H,4-5,9-10,12H2,1-3H3,(H,19,22)(H,20,21). The number of hydrogen-bond donors (Lipinski definition) is 2. The first kappa shape index (κ1) is 18.1. The third-order valence-corrected chi connectivity index (χ3v) is 3.43. The molecule has 1 aromatic heterocycles. The Morgan fingerprint density at radius 1 is 1.27 bits per heavy atom. The molecule has 1 atom stereocenters. The van der Waals surface area contributed by atoms with E-state index in [2.05, 4.69) is 15.6 Å². The molecule has 0 fully saturated rings. The van der Waals surface area contributed by atoms with Gasteiger partial charge >= 0.3 is 0 Å². The Labute approximate surface area is 132 Å². The van der Waals surface area contributed by atoms with Crippen molar-refractivity contribution in [2.45, 2.75) is 52.5 Å². The maximum Gasteiger partial charge on any atom is 0.242 e. The van der Waals surface area contributed by atoms with Gasteiger partial charge in [-0.3, -0.25) is 14.6 Å². The minimum atomic E-state index is -0.479. The van der Waals surface area contributed by atoms with E-state index >= 15 is 0 Å². The lowest BCUT2D eigenvalue weighted by molar-refractivity contribution is -0.130. The Bertz CT molecular complexity index is 460. The van der Waals surface area contributed by atoms with Crippen LogP contribution in [0.25, 0.3) is 0 Å². The van der Waals surface area contributed by atoms with Crippen LogP contribution in [-0.2, 0) is 16.0 Å². The van der Waals surface area contributed by atoms with Gasteiger partial charge in [0.05, 0.1) is 0 Å². The quantitative estimate of drug-likeness (QED) is 0.733. The lowest BCUT2D eigenvalue weighted by Crippen LogP contribution is -2.50. The van der Waals surface area contributed by atoms with Crippen molar-refractivity contribution < 1.29 is 9.59 Å². The van der Waals surface area contributed by atoms with Crippen LogP contribution in [0.3, 0.4) is 0 Å². The van der Waals surface area contributed by atoms with Gasteiger partial charge in [0.1, 0.15) is 6.04 Å². The van der Waals surface area contributed by atoms with Crippen LogP contribution in [0.2, 0.25) is 0 Å². The second-order valence-corrected chi connectivity index (χ2v) is 5.75. The Hall–Kier alpha value is -1.91. The number of pyridine rings is 1. The monoisotopic (exact) mass is 305 g/mol. The summed E-state index contributed by atoms with van der Waals surface area (Å²) in [5.74, 6) is -0.128. The average molecular weight is 305 g/mol. The summed E-state index contributed by atoms with van der Waals surface area (Å²) in [4.78, 5) is 28.3. The first-order valence-corrected chi connectivity index (χ1v) is 8.01. The maximum atomic E-state index is 12.2. The number of aromatic nitrogens is 1. The fourth-order valence-electron chi connectivity index (χ4n) is 2.09. The Morgan fingerprint density at radius 2 is 2.05 bits per heavy atom. The molecule has 0 spiro atoms. The summed E-state index contributed by atoms with van der Waals surface area (Å²) in [6, 6.07) is 5.24. The molecule has 1 rings (SSSR count). The zero-order chi connectivity index (χ0) is 16.4. The predicted octanol–water partition coefficient (Wildman–Crippen LogP) is 2.07. The topological polar surface area (TPSA) is 71.1 Å². The van der Waals surface area contributed by atoms with E-state index < -0.39 is 6.04 Å². The van der Waals surface area contributed by atoms with Crippen LogP contribution in [0.1, 0.15) is 45.7 Å². The molecule has 1 unspecified atom stereocenters. The maximum absolute atomic E-state index is 12.2. The summed E-state index contributed by atoms with van der Waals surface area (Å²) in [6.45, 7) is 6.42. The van der Waals surface area contributed by atoms with Gasteiger partial charge in [0.2, 0.25) is 11.8 Å². The molecule has 0 radical (unpaired) electrons. The molecule has 122 valence electrons. The number of rotatable bonds is 9. The molecule has 1 aromatic rings. The summed E-state index contributed by atoms with van der Waals surface area (Å²) in [5, 5.41) is 5.71. The first-order valence-electron chi connectivity index (χ1n) is 8.01. The van der Waals surface area contributed by atoms with Crippen LogP contribution in [-0.4, -0.2) is 29.4 Å². The molecule has 0 aliphatic carbocycles. The van der Waals surface area contributed by atoms with Crippen molar-refractivity contribution >= 4 is 11.8 Å². The smallest absolute Gasteiger partial charge is 0.242 e. The minimum Gasteiger partial charge on any atom is -0.354 e. The lowest BCUT2D eigenvalue weighted by atomic mass is 10.0. The van der Waals surface area contributed by atoms with Crippen molar-refractivity contribution in [3.63, 3.8) is 0 Å². The van der Waals surface area contributed by atoms with Gasteiger partial charge in [-0.2, -0.15) is 0 Å². The molecule has 1 heterocycles. The lowest BCUT2D eigenvalue weighted by Gasteiger charge is -2.21. The van der Waals surface area contributed by atoms with E-state index in [1.165, 1.54) is 0 Å². The molecule has 0 bridgehead atoms. The van der Waals surface area contributed by atoms with Gasteiger partial charge in [-0.1, -0.05) is 33.3 Å². The molecule has 0 aromatic carbocycles. The molecule has 5 nitrogen and oxygen atoms in total. The van der Waals surface area contributed by atoms with Crippen molar-refractivity contribution in [1.29, 1.82) is 0 Å². The van der Waals surface area contributed by atoms with Crippen molar-refractivity contribution in [2.24, 2.45) is 5.92 Å². The van der Waals surface area contributed by atoms with Crippen LogP contribution < -0.4 is 10.6 Å². The van der Waals surface area contributed by atoms with Crippen LogP contribution in [0.15, 0.2) is 24.4 Å². The van der Waals surface area contributed by atoms with E-state index in [1.54, 1.807) is 6.20 Å². The molecule has 0 aliphatic rings. The fraction of sp³-hybridized carbons (Fsp3) is 0.588. The highest BCUT2D eigenvalue weighted by Crippen LogP contribution is 2.04. The van der Waals surface area contributed by atoms with E-state index in [1.807, 2.05) is 39.0 Å². The number of hydrogen-bond acceptors (Lipinski definition) is 3. The number of nitrogens with zero attached hydrogens (tertiary/aromatic N) is 1. The highest BCUT2D eigenvalue weighted by atomic mass is 16.2. The SMILES string of the molecule is CCCCC(=O)NC(C(=O)NCCc1ccccn1)C(C)C. The number of amides is 2. The van der Waals surface area contributed by atoms with E-state index in [0.717, 1.165) is 18.5 Å². The normalized spacial score (nSPS) is 12.0. The van der Waals surface area contributed by atoms with Gasteiger partial charge in [0, 0.05) is 31.3 Å². The first-order chi connectivity index (χ1) is 10.5. The van der Waals surface area contributed by atoms with Crippen molar-refractivity contribution in [2.75, 3.05) is 6.54 Å². The van der Waals surface area contributed by atoms with E-state index in [-0.39, 0.29) is 17.7 Å². The Balaban J connectivity index is 2.42. The summed E-state index contributed by atoms with van der Waals surface area (Å²) in [5.41, 5.74) is 0.941. The third kappa shape index (κ3) is 6.70. The average Bonchev–Trinajstić information content (AvgIpc) is 2.51. The zero-order valence-corrected chi connectivity index (χ0v) is 13.8. The van der Waals surface area contributed by atoms with E-state index in [4.69, 9.17) is 0 Å². The molecule has 0 saturated heterocycles. The van der Waals surface area contributed by atoms with Crippen LogP contribution in [0.4, 0.5) is 0 Å². The van der Waals surface area contributed by atoms with Gasteiger partial charge in [-0.15, -0.1) is 0 Å². The summed E-state index contributed by atoms with van der Waals surface area (Å²) in [6.07, 6.45) is 4.71. The van der Waals surface area contributed by atoms with Crippen molar-refractivity contribution in [3.05, 3.63) is 30.1 Å². The highest BCUT2D eigenvalue weighted by Gasteiger charge is 2.23. The Kier molecular flexibility index (Phi) is 8.18. The van der Waals surface area contributed by atoms with Crippen LogP contribution >= 0.6 is 0 Å². The molecule has 2 amide bonds. The van der Waals surface area contributed by atoms with Crippen LogP contribution in [0.5, 0.6) is 0 Å². The molecule has 0 aliphatic heterocycles. The fourth-order valence-corrected chi connectivity index (χ4v) is 2.09.